The quantitative estimate of drug-likeness (QED) is 0.249. The van der Waals surface area contributed by atoms with Crippen LogP contribution in [0.1, 0.15) is 15.9 Å². The number of benzene rings is 3. The van der Waals surface area contributed by atoms with E-state index in [9.17, 15) is 18.0 Å². The van der Waals surface area contributed by atoms with Gasteiger partial charge in [0.05, 0.1) is 4.90 Å². The summed E-state index contributed by atoms with van der Waals surface area (Å²) in [5.74, 6) is -1.01. The fourth-order valence-corrected chi connectivity index (χ4v) is 5.08. The number of sulfonamides is 1. The minimum absolute atomic E-state index is 0.0127. The van der Waals surface area contributed by atoms with Crippen LogP contribution in [0.15, 0.2) is 106 Å². The molecule has 36 heavy (non-hydrogen) atoms. The monoisotopic (exact) mass is 582 g/mol. The lowest BCUT2D eigenvalue weighted by molar-refractivity contribution is -0.113. The van der Waals surface area contributed by atoms with Gasteiger partial charge < -0.3 is 10.6 Å². The Morgan fingerprint density at radius 1 is 0.917 bits per heavy atom. The van der Waals surface area contributed by atoms with Crippen molar-refractivity contribution in [3.8, 4) is 0 Å². The molecule has 182 valence electrons. The molecule has 0 aliphatic heterocycles. The van der Waals surface area contributed by atoms with Crippen molar-refractivity contribution < 1.29 is 18.0 Å². The first-order chi connectivity index (χ1) is 17.3. The summed E-state index contributed by atoms with van der Waals surface area (Å²) in [6.07, 6.45) is 3.05. The number of hydrogen-bond donors (Lipinski definition) is 3. The lowest BCUT2D eigenvalue weighted by Crippen LogP contribution is -2.30. The van der Waals surface area contributed by atoms with Crippen LogP contribution >= 0.6 is 27.3 Å². The van der Waals surface area contributed by atoms with Crippen LogP contribution in [0.2, 0.25) is 0 Å². The molecule has 0 radical (unpaired) electrons. The third kappa shape index (κ3) is 6.66. The third-order valence-corrected chi connectivity index (χ3v) is 7.49. The van der Waals surface area contributed by atoms with Crippen molar-refractivity contribution in [2.75, 3.05) is 10.0 Å². The Balaban J connectivity index is 1.53. The molecule has 11 heteroatoms. The van der Waals surface area contributed by atoms with E-state index in [2.05, 4.69) is 36.3 Å². The van der Waals surface area contributed by atoms with Crippen LogP contribution in [-0.2, 0) is 14.8 Å². The van der Waals surface area contributed by atoms with Crippen LogP contribution in [0.25, 0.3) is 6.08 Å². The maximum absolute atomic E-state index is 13.1. The zero-order valence-electron chi connectivity index (χ0n) is 18.5. The van der Waals surface area contributed by atoms with Gasteiger partial charge in [-0.25, -0.2) is 13.4 Å². The molecule has 2 amide bonds. The highest BCUT2D eigenvalue weighted by Gasteiger charge is 2.17. The molecule has 4 aromatic rings. The molecule has 0 atom stereocenters. The van der Waals surface area contributed by atoms with Gasteiger partial charge in [0, 0.05) is 27.3 Å². The van der Waals surface area contributed by atoms with Gasteiger partial charge in [-0.3, -0.25) is 14.3 Å². The van der Waals surface area contributed by atoms with Crippen LogP contribution < -0.4 is 15.4 Å². The molecule has 0 spiro atoms. The number of halogens is 1. The fourth-order valence-electron chi connectivity index (χ4n) is 3.03. The molecule has 0 aliphatic carbocycles. The smallest absolute Gasteiger partial charge is 0.272 e. The number of nitrogens with one attached hydrogen (secondary N) is 3. The van der Waals surface area contributed by atoms with Gasteiger partial charge in [-0.15, -0.1) is 11.3 Å². The van der Waals surface area contributed by atoms with Crippen molar-refractivity contribution in [3.63, 3.8) is 0 Å². The Kier molecular flexibility index (Phi) is 7.93. The first-order valence-corrected chi connectivity index (χ1v) is 13.6. The number of nitrogens with zero attached hydrogens (tertiary/aromatic N) is 1. The van der Waals surface area contributed by atoms with Crippen LogP contribution in [0.5, 0.6) is 0 Å². The summed E-state index contributed by atoms with van der Waals surface area (Å²) >= 11 is 4.53. The first-order valence-electron chi connectivity index (χ1n) is 10.5. The van der Waals surface area contributed by atoms with E-state index >= 15 is 0 Å². The predicted octanol–water partition coefficient (Wildman–Crippen LogP) is 5.12. The van der Waals surface area contributed by atoms with Crippen molar-refractivity contribution in [1.82, 2.24) is 10.3 Å². The number of aromatic nitrogens is 1. The molecule has 8 nitrogen and oxygen atoms in total. The summed E-state index contributed by atoms with van der Waals surface area (Å²) in [6.45, 7) is 0. The third-order valence-electron chi connectivity index (χ3n) is 4.79. The summed E-state index contributed by atoms with van der Waals surface area (Å²) in [7, 11) is -3.82. The van der Waals surface area contributed by atoms with E-state index in [1.54, 1.807) is 53.9 Å². The lowest BCUT2D eigenvalue weighted by Gasteiger charge is -2.12. The summed E-state index contributed by atoms with van der Waals surface area (Å²) in [5, 5.41) is 7.27. The normalized spacial score (nSPS) is 11.5. The number of rotatable bonds is 8. The van der Waals surface area contributed by atoms with E-state index in [0.29, 0.717) is 16.8 Å². The summed E-state index contributed by atoms with van der Waals surface area (Å²) in [4.78, 5) is 29.8. The largest absolute Gasteiger partial charge is 0.321 e. The molecule has 0 unspecified atom stereocenters. The van der Waals surface area contributed by atoms with E-state index in [-0.39, 0.29) is 15.7 Å². The van der Waals surface area contributed by atoms with Gasteiger partial charge in [-0.1, -0.05) is 46.3 Å². The van der Waals surface area contributed by atoms with Gasteiger partial charge in [-0.05, 0) is 60.2 Å². The number of thiazole rings is 1. The SMILES string of the molecule is O=C(Nc1ccc(S(=O)(=O)Nc2nccs2)cc1)/C(=C/c1ccc(Br)cc1)NC(=O)c1ccccc1. The highest BCUT2D eigenvalue weighted by Crippen LogP contribution is 2.20. The van der Waals surface area contributed by atoms with Crippen LogP contribution in [0.4, 0.5) is 10.8 Å². The first kappa shape index (κ1) is 25.3. The Morgan fingerprint density at radius 3 is 2.25 bits per heavy atom. The molecule has 0 bridgehead atoms. The molecule has 1 heterocycles. The van der Waals surface area contributed by atoms with Crippen LogP contribution in [-0.4, -0.2) is 25.2 Å². The Hall–Kier alpha value is -3.80. The van der Waals surface area contributed by atoms with Gasteiger partial charge in [0.15, 0.2) is 5.13 Å². The molecular weight excluding hydrogens is 564 g/mol. The molecule has 0 saturated carbocycles. The average Bonchev–Trinajstić information content (AvgIpc) is 3.38. The molecule has 0 fully saturated rings. The van der Waals surface area contributed by atoms with Gasteiger partial charge in [-0.2, -0.15) is 0 Å². The highest BCUT2D eigenvalue weighted by molar-refractivity contribution is 9.10. The van der Waals surface area contributed by atoms with Gasteiger partial charge >= 0.3 is 0 Å². The summed E-state index contributed by atoms with van der Waals surface area (Å²) in [6, 6.07) is 21.4. The minimum Gasteiger partial charge on any atom is -0.321 e. The van der Waals surface area contributed by atoms with Crippen molar-refractivity contribution in [3.05, 3.63) is 112 Å². The van der Waals surface area contributed by atoms with E-state index in [1.165, 1.54) is 30.5 Å². The number of hydrogen-bond acceptors (Lipinski definition) is 6. The Labute approximate surface area is 220 Å². The van der Waals surface area contributed by atoms with E-state index in [1.807, 2.05) is 12.1 Å². The van der Waals surface area contributed by atoms with Crippen molar-refractivity contribution in [2.45, 2.75) is 4.90 Å². The van der Waals surface area contributed by atoms with E-state index in [0.717, 1.165) is 15.8 Å². The maximum atomic E-state index is 13.1. The number of carbonyl (C=O) groups excluding carboxylic acids is 2. The van der Waals surface area contributed by atoms with Crippen molar-refractivity contribution in [1.29, 1.82) is 0 Å². The maximum Gasteiger partial charge on any atom is 0.272 e. The standard InChI is InChI=1S/C25H19BrN4O4S2/c26-19-8-6-17(7-9-19)16-22(29-23(31)18-4-2-1-3-5-18)24(32)28-20-10-12-21(13-11-20)36(33,34)30-25-27-14-15-35-25/h1-16H,(H,27,30)(H,28,32)(H,29,31)/b22-16-. The molecular formula is C25H19BrN4O4S2. The number of carbonyl (C=O) groups is 2. The topological polar surface area (TPSA) is 117 Å². The molecule has 4 rings (SSSR count). The number of amides is 2. The molecule has 3 N–H and O–H groups in total. The average molecular weight is 583 g/mol. The van der Waals surface area contributed by atoms with Gasteiger partial charge in [0.2, 0.25) is 0 Å². The minimum atomic E-state index is -3.82. The predicted molar refractivity (Wildman–Crippen MR) is 144 cm³/mol. The van der Waals surface area contributed by atoms with E-state index < -0.39 is 21.8 Å². The number of anilines is 2. The lowest BCUT2D eigenvalue weighted by atomic mass is 10.1. The van der Waals surface area contributed by atoms with E-state index in [4.69, 9.17) is 0 Å². The van der Waals surface area contributed by atoms with Crippen LogP contribution in [0, 0.1) is 0 Å². The molecule has 3 aromatic carbocycles. The summed E-state index contributed by atoms with van der Waals surface area (Å²) < 4.78 is 28.3. The zero-order chi connectivity index (χ0) is 25.5. The molecule has 0 aliphatic rings. The van der Waals surface area contributed by atoms with Crippen LogP contribution in [0.3, 0.4) is 0 Å². The van der Waals surface area contributed by atoms with Gasteiger partial charge in [0.25, 0.3) is 21.8 Å². The van der Waals surface area contributed by atoms with Crippen molar-refractivity contribution >= 4 is 66.0 Å². The fraction of sp³-hybridized carbons (Fsp3) is 0. The Bertz CT molecular complexity index is 1490. The second kappa shape index (κ2) is 11.3. The molecule has 1 aromatic heterocycles. The summed E-state index contributed by atoms with van der Waals surface area (Å²) in [5.41, 5.74) is 1.47. The molecule has 0 saturated heterocycles. The Morgan fingerprint density at radius 2 is 1.61 bits per heavy atom. The van der Waals surface area contributed by atoms with Crippen molar-refractivity contribution in [2.24, 2.45) is 0 Å². The second-order valence-corrected chi connectivity index (χ2v) is 10.8. The van der Waals surface area contributed by atoms with Gasteiger partial charge in [0.1, 0.15) is 5.70 Å². The highest BCUT2D eigenvalue weighted by atomic mass is 79.9. The zero-order valence-corrected chi connectivity index (χ0v) is 21.7. The second-order valence-electron chi connectivity index (χ2n) is 7.35.